The first-order chi connectivity index (χ1) is 18.5. The topological polar surface area (TPSA) is 138 Å². The summed E-state index contributed by atoms with van der Waals surface area (Å²) < 4.78 is 39.9. The molecule has 2 aromatic heterocycles. The number of nitrogen functional groups attached to an aromatic ring is 1. The third-order valence-corrected chi connectivity index (χ3v) is 6.99. The number of hydrogen-bond donors (Lipinski definition) is 3. The van der Waals surface area contributed by atoms with Gasteiger partial charge in [-0.3, -0.25) is 9.58 Å². The van der Waals surface area contributed by atoms with E-state index in [0.717, 1.165) is 49.6 Å². The molecule has 2 aliphatic heterocycles. The second-order valence-corrected chi connectivity index (χ2v) is 9.90. The minimum atomic E-state index is -5.08. The fraction of sp³-hybridized carbons (Fsp3) is 0.500. The average molecular weight is 571 g/mol. The largest absolute Gasteiger partial charge is 0.490 e. The summed E-state index contributed by atoms with van der Waals surface area (Å²) in [6.07, 6.45) is -0.0993. The summed E-state index contributed by atoms with van der Waals surface area (Å²) >= 11 is 6.09. The molecular weight excluding hydrogens is 541 g/mol. The maximum atomic E-state index is 10.6. The molecule has 0 unspecified atom stereocenters. The van der Waals surface area contributed by atoms with E-state index in [0.29, 0.717) is 30.6 Å². The van der Waals surface area contributed by atoms with Crippen molar-refractivity contribution in [2.45, 2.75) is 43.6 Å². The number of aryl methyl sites for hydroxylation is 1. The van der Waals surface area contributed by atoms with Crippen LogP contribution in [0.5, 0.6) is 0 Å². The maximum Gasteiger partial charge on any atom is 0.490 e. The van der Waals surface area contributed by atoms with E-state index in [-0.39, 0.29) is 6.10 Å². The summed E-state index contributed by atoms with van der Waals surface area (Å²) in [4.78, 5) is 18.0. The molecule has 0 amide bonds. The van der Waals surface area contributed by atoms with E-state index in [1.165, 1.54) is 5.56 Å². The molecular formula is C24H30ClF3N8O3. The summed E-state index contributed by atoms with van der Waals surface area (Å²) in [5.74, 6) is -1.71. The molecule has 0 saturated carbocycles. The molecule has 0 bridgehead atoms. The number of aromatic nitrogens is 5. The molecule has 4 heterocycles. The van der Waals surface area contributed by atoms with Crippen molar-refractivity contribution in [1.29, 1.82) is 0 Å². The zero-order valence-electron chi connectivity index (χ0n) is 21.2. The first kappa shape index (κ1) is 28.6. The number of benzene rings is 1. The van der Waals surface area contributed by atoms with Crippen LogP contribution in [-0.4, -0.2) is 85.4 Å². The van der Waals surface area contributed by atoms with Gasteiger partial charge in [0.2, 0.25) is 11.9 Å². The Morgan fingerprint density at radius 3 is 2.44 bits per heavy atom. The number of anilines is 2. The molecule has 2 atom stereocenters. The number of nitrogens with one attached hydrogen (secondary N) is 1. The summed E-state index contributed by atoms with van der Waals surface area (Å²) in [7, 11) is 1.94. The van der Waals surface area contributed by atoms with E-state index in [1.807, 2.05) is 30.1 Å². The Kier molecular flexibility index (Phi) is 8.97. The van der Waals surface area contributed by atoms with Crippen LogP contribution < -0.4 is 10.6 Å². The van der Waals surface area contributed by atoms with Gasteiger partial charge in [-0.25, -0.2) is 9.89 Å². The van der Waals surface area contributed by atoms with E-state index in [1.54, 1.807) is 0 Å². The number of carboxylic acids is 1. The quantitative estimate of drug-likeness (QED) is 0.422. The fourth-order valence-corrected chi connectivity index (χ4v) is 4.95. The molecule has 5 rings (SSSR count). The van der Waals surface area contributed by atoms with Gasteiger partial charge in [0.1, 0.15) is 6.10 Å². The Labute approximate surface area is 227 Å². The molecule has 0 aliphatic carbocycles. The van der Waals surface area contributed by atoms with E-state index in [4.69, 9.17) is 32.0 Å². The number of nitrogens with zero attached hydrogens (tertiary/aromatic N) is 6. The van der Waals surface area contributed by atoms with Gasteiger partial charge in [-0.05, 0) is 43.0 Å². The first-order valence-electron chi connectivity index (χ1n) is 12.3. The Balaban J connectivity index is 0.000000448. The van der Waals surface area contributed by atoms with Crippen molar-refractivity contribution in [3.63, 3.8) is 0 Å². The number of piperidine rings is 1. The minimum Gasteiger partial charge on any atom is -0.475 e. The average Bonchev–Trinajstić information content (AvgIpc) is 3.54. The van der Waals surface area contributed by atoms with Gasteiger partial charge >= 0.3 is 12.1 Å². The molecule has 2 saturated heterocycles. The monoisotopic (exact) mass is 570 g/mol. The van der Waals surface area contributed by atoms with Crippen LogP contribution >= 0.6 is 11.6 Å². The van der Waals surface area contributed by atoms with Crippen LogP contribution in [0.3, 0.4) is 0 Å². The number of aliphatic carboxylic acids is 1. The van der Waals surface area contributed by atoms with E-state index in [2.05, 4.69) is 48.3 Å². The maximum absolute atomic E-state index is 10.6. The highest BCUT2D eigenvalue weighted by atomic mass is 35.5. The number of halogens is 4. The minimum absolute atomic E-state index is 0.0106. The van der Waals surface area contributed by atoms with Crippen molar-refractivity contribution in [3.8, 4) is 0 Å². The third kappa shape index (κ3) is 7.61. The molecule has 11 nitrogen and oxygen atoms in total. The lowest BCUT2D eigenvalue weighted by Gasteiger charge is -2.46. The number of carbonyl (C=O) groups is 1. The van der Waals surface area contributed by atoms with E-state index >= 15 is 0 Å². The molecule has 3 aromatic rings. The standard InChI is InChI=1S/C22H29ClN8O.C2HF3O2/c1-29-9-8-19(28-29)20-13-31(18(14-32-20)12-15-2-4-16(23)5-3-15)17-6-10-30(11-7-17)22-25-21(24)26-27-22;3-2(4,5)1(6)7/h2-5,8-9,17-18,20H,6-7,10-14H2,1H3,(H3,24,25,26,27);(H,6,7)/t18-,20+;/m0./s1. The van der Waals surface area contributed by atoms with Gasteiger partial charge in [-0.2, -0.15) is 23.3 Å². The van der Waals surface area contributed by atoms with Gasteiger partial charge in [-0.15, -0.1) is 5.10 Å². The second-order valence-electron chi connectivity index (χ2n) is 9.46. The number of alkyl halides is 3. The van der Waals surface area contributed by atoms with Crippen LogP contribution in [0.4, 0.5) is 25.1 Å². The van der Waals surface area contributed by atoms with Crippen LogP contribution in [0.15, 0.2) is 36.5 Å². The SMILES string of the molecule is Cn1ccc([C@H]2CN(C3CCN(c4n[nH]c(N)n4)CC3)[C@@H](Cc3ccc(Cl)cc3)CO2)n1.O=C(O)C(F)(F)F. The highest BCUT2D eigenvalue weighted by Crippen LogP contribution is 2.31. The lowest BCUT2D eigenvalue weighted by atomic mass is 9.96. The van der Waals surface area contributed by atoms with Crippen LogP contribution in [0.25, 0.3) is 0 Å². The van der Waals surface area contributed by atoms with Gasteiger partial charge in [0.15, 0.2) is 0 Å². The Morgan fingerprint density at radius 2 is 1.90 bits per heavy atom. The molecule has 0 radical (unpaired) electrons. The molecule has 2 fully saturated rings. The lowest BCUT2D eigenvalue weighted by Crippen LogP contribution is -2.55. The Morgan fingerprint density at radius 1 is 1.23 bits per heavy atom. The Hall–Kier alpha value is -3.36. The first-order valence-corrected chi connectivity index (χ1v) is 12.7. The van der Waals surface area contributed by atoms with Crippen molar-refractivity contribution in [1.82, 2.24) is 29.9 Å². The van der Waals surface area contributed by atoms with E-state index < -0.39 is 12.1 Å². The van der Waals surface area contributed by atoms with Crippen molar-refractivity contribution in [2.75, 3.05) is 36.9 Å². The zero-order chi connectivity index (χ0) is 28.2. The van der Waals surface area contributed by atoms with Gasteiger partial charge in [-0.1, -0.05) is 23.7 Å². The van der Waals surface area contributed by atoms with Crippen molar-refractivity contribution in [3.05, 3.63) is 52.8 Å². The number of carboxylic acid groups (broad SMARTS) is 1. The summed E-state index contributed by atoms with van der Waals surface area (Å²) in [5, 5.41) is 19.4. The summed E-state index contributed by atoms with van der Waals surface area (Å²) in [6, 6.07) is 11.0. The van der Waals surface area contributed by atoms with Crippen molar-refractivity contribution < 1.29 is 27.8 Å². The Bertz CT molecular complexity index is 1230. The van der Waals surface area contributed by atoms with Gasteiger partial charge < -0.3 is 20.5 Å². The summed E-state index contributed by atoms with van der Waals surface area (Å²) in [5.41, 5.74) is 7.98. The number of H-pyrrole nitrogens is 1. The van der Waals surface area contributed by atoms with E-state index in [9.17, 15) is 13.2 Å². The highest BCUT2D eigenvalue weighted by Gasteiger charge is 2.38. The van der Waals surface area contributed by atoms with Gasteiger partial charge in [0.05, 0.1) is 12.3 Å². The molecule has 4 N–H and O–H groups in total. The van der Waals surface area contributed by atoms with Crippen LogP contribution in [-0.2, 0) is 23.0 Å². The zero-order valence-corrected chi connectivity index (χ0v) is 21.9. The normalized spacial score (nSPS) is 20.9. The van der Waals surface area contributed by atoms with Gasteiger partial charge in [0.25, 0.3) is 0 Å². The second kappa shape index (κ2) is 12.2. The number of rotatable bonds is 5. The number of nitrogens with two attached hydrogens (primary N) is 1. The number of ether oxygens (including phenoxy) is 1. The van der Waals surface area contributed by atoms with Crippen molar-refractivity contribution >= 4 is 29.5 Å². The molecule has 1 aromatic carbocycles. The molecule has 2 aliphatic rings. The third-order valence-electron chi connectivity index (χ3n) is 6.73. The molecule has 0 spiro atoms. The lowest BCUT2D eigenvalue weighted by molar-refractivity contribution is -0.192. The molecule has 212 valence electrons. The molecule has 39 heavy (non-hydrogen) atoms. The molecule has 15 heteroatoms. The smallest absolute Gasteiger partial charge is 0.475 e. The van der Waals surface area contributed by atoms with Crippen LogP contribution in [0.2, 0.25) is 5.02 Å². The van der Waals surface area contributed by atoms with Crippen molar-refractivity contribution in [2.24, 2.45) is 7.05 Å². The fourth-order valence-electron chi connectivity index (χ4n) is 4.82. The van der Waals surface area contributed by atoms with Crippen LogP contribution in [0.1, 0.15) is 30.2 Å². The van der Waals surface area contributed by atoms with Crippen LogP contribution in [0, 0.1) is 0 Å². The number of hydrogen-bond acceptors (Lipinski definition) is 8. The predicted molar refractivity (Wildman–Crippen MR) is 137 cm³/mol. The number of aromatic amines is 1. The number of morpholine rings is 1. The highest BCUT2D eigenvalue weighted by molar-refractivity contribution is 6.30. The summed E-state index contributed by atoms with van der Waals surface area (Å²) in [6.45, 7) is 3.33. The van der Waals surface area contributed by atoms with Gasteiger partial charge in [0, 0.05) is 50.0 Å². The predicted octanol–water partition coefficient (Wildman–Crippen LogP) is 3.06.